The van der Waals surface area contributed by atoms with Crippen molar-refractivity contribution in [1.82, 2.24) is 10.2 Å². The van der Waals surface area contributed by atoms with Crippen molar-refractivity contribution in [2.24, 2.45) is 0 Å². The number of rotatable bonds is 2. The lowest BCUT2D eigenvalue weighted by Crippen LogP contribution is -2.69. The van der Waals surface area contributed by atoms with E-state index >= 15 is 0 Å². The van der Waals surface area contributed by atoms with Gasteiger partial charge in [0.2, 0.25) is 0 Å². The number of benzene rings is 1. The molecular formula is C19H26ClFN2O4. The number of likely N-dealkylation sites (tertiary alicyclic amines) is 1. The third-order valence-corrected chi connectivity index (χ3v) is 3.95. The smallest absolute Gasteiger partial charge is 0.410 e. The van der Waals surface area contributed by atoms with E-state index in [0.29, 0.717) is 5.56 Å². The summed E-state index contributed by atoms with van der Waals surface area (Å²) in [6.45, 7) is 10.8. The number of alkyl carbamates (subject to hydrolysis) is 1. The number of carbonyl (C=O) groups is 2. The first-order valence-electron chi connectivity index (χ1n) is 8.65. The first-order valence-corrected chi connectivity index (χ1v) is 9.03. The van der Waals surface area contributed by atoms with Gasteiger partial charge in [-0.05, 0) is 65.3 Å². The number of amides is 2. The number of nitrogens with zero attached hydrogens (tertiary/aromatic N) is 1. The van der Waals surface area contributed by atoms with Gasteiger partial charge in [-0.1, -0.05) is 11.6 Å². The highest BCUT2D eigenvalue weighted by Crippen LogP contribution is 2.35. The Hall–Kier alpha value is -2.02. The van der Waals surface area contributed by atoms with Gasteiger partial charge in [-0.2, -0.15) is 0 Å². The molecule has 0 aromatic heterocycles. The lowest BCUT2D eigenvalue weighted by molar-refractivity contribution is -0.0230. The van der Waals surface area contributed by atoms with E-state index in [0.717, 1.165) is 0 Å². The van der Waals surface area contributed by atoms with Gasteiger partial charge in [-0.3, -0.25) is 0 Å². The van der Waals surface area contributed by atoms with Gasteiger partial charge in [0.05, 0.1) is 13.1 Å². The molecule has 150 valence electrons. The summed E-state index contributed by atoms with van der Waals surface area (Å²) in [4.78, 5) is 26.0. The maximum Gasteiger partial charge on any atom is 0.410 e. The molecule has 1 heterocycles. The largest absolute Gasteiger partial charge is 0.444 e. The maximum absolute atomic E-state index is 13.9. The zero-order valence-electron chi connectivity index (χ0n) is 16.5. The Morgan fingerprint density at radius 1 is 1.07 bits per heavy atom. The molecule has 0 aliphatic carbocycles. The van der Waals surface area contributed by atoms with Gasteiger partial charge >= 0.3 is 12.2 Å². The molecule has 0 spiro atoms. The lowest BCUT2D eigenvalue weighted by atomic mass is 9.82. The molecule has 8 heteroatoms. The second-order valence-corrected chi connectivity index (χ2v) is 9.14. The molecule has 6 nitrogen and oxygen atoms in total. The molecular weight excluding hydrogens is 375 g/mol. The van der Waals surface area contributed by atoms with Crippen molar-refractivity contribution in [1.29, 1.82) is 0 Å². The molecule has 1 aliphatic rings. The molecule has 0 radical (unpaired) electrons. The van der Waals surface area contributed by atoms with Crippen LogP contribution >= 0.6 is 11.6 Å². The van der Waals surface area contributed by atoms with Crippen LogP contribution in [0.25, 0.3) is 0 Å². The van der Waals surface area contributed by atoms with Gasteiger partial charge in [0.15, 0.2) is 0 Å². The fourth-order valence-corrected chi connectivity index (χ4v) is 2.95. The highest BCUT2D eigenvalue weighted by Gasteiger charge is 2.50. The molecule has 1 aliphatic heterocycles. The molecule has 2 amide bonds. The van der Waals surface area contributed by atoms with Crippen LogP contribution in [0.2, 0.25) is 5.02 Å². The van der Waals surface area contributed by atoms with Crippen LogP contribution in [0.4, 0.5) is 14.0 Å². The highest BCUT2D eigenvalue weighted by atomic mass is 35.5. The van der Waals surface area contributed by atoms with Crippen molar-refractivity contribution in [3.8, 4) is 0 Å². The second kappa shape index (κ2) is 7.19. The second-order valence-electron chi connectivity index (χ2n) is 8.70. The number of ether oxygens (including phenoxy) is 2. The summed E-state index contributed by atoms with van der Waals surface area (Å²) >= 11 is 5.98. The predicted octanol–water partition coefficient (Wildman–Crippen LogP) is 4.45. The molecule has 27 heavy (non-hydrogen) atoms. The topological polar surface area (TPSA) is 67.9 Å². The van der Waals surface area contributed by atoms with E-state index in [9.17, 15) is 14.0 Å². The van der Waals surface area contributed by atoms with Crippen molar-refractivity contribution in [2.45, 2.75) is 58.3 Å². The SMILES string of the molecule is CC(C)(C)OC(=O)NC1(c2cc(F)cc(Cl)c2)CN(C(=O)OC(C)(C)C)C1. The first-order chi connectivity index (χ1) is 12.2. The Balaban J connectivity index is 2.24. The third kappa shape index (κ3) is 5.73. The fourth-order valence-electron chi connectivity index (χ4n) is 2.72. The van der Waals surface area contributed by atoms with Crippen LogP contribution in [-0.4, -0.2) is 41.4 Å². The van der Waals surface area contributed by atoms with Gasteiger partial charge in [0.25, 0.3) is 0 Å². The molecule has 1 aromatic carbocycles. The Labute approximate surface area is 163 Å². The van der Waals surface area contributed by atoms with Gasteiger partial charge < -0.3 is 19.7 Å². The van der Waals surface area contributed by atoms with E-state index in [1.54, 1.807) is 47.6 Å². The quantitative estimate of drug-likeness (QED) is 0.796. The van der Waals surface area contributed by atoms with Crippen molar-refractivity contribution < 1.29 is 23.5 Å². The minimum absolute atomic E-state index is 0.112. The minimum atomic E-state index is -1.01. The third-order valence-electron chi connectivity index (χ3n) is 3.73. The van der Waals surface area contributed by atoms with E-state index in [1.807, 2.05) is 0 Å². The van der Waals surface area contributed by atoms with Crippen LogP contribution in [-0.2, 0) is 15.0 Å². The average molecular weight is 401 g/mol. The average Bonchev–Trinajstić information content (AvgIpc) is 2.36. The molecule has 0 unspecified atom stereocenters. The van der Waals surface area contributed by atoms with Crippen molar-refractivity contribution >= 4 is 23.8 Å². The van der Waals surface area contributed by atoms with Crippen molar-refractivity contribution in [2.75, 3.05) is 13.1 Å². The molecule has 0 bridgehead atoms. The van der Waals surface area contributed by atoms with Crippen LogP contribution in [0.3, 0.4) is 0 Å². The Kier molecular flexibility index (Phi) is 5.66. The summed E-state index contributed by atoms with van der Waals surface area (Å²) in [6, 6.07) is 4.03. The monoisotopic (exact) mass is 400 g/mol. The van der Waals surface area contributed by atoms with Gasteiger partial charge in [-0.15, -0.1) is 0 Å². The zero-order valence-corrected chi connectivity index (χ0v) is 17.2. The first kappa shape index (κ1) is 21.3. The maximum atomic E-state index is 13.9. The summed E-state index contributed by atoms with van der Waals surface area (Å²) in [5, 5.41) is 2.97. The summed E-state index contributed by atoms with van der Waals surface area (Å²) in [6.07, 6.45) is -1.17. The highest BCUT2D eigenvalue weighted by molar-refractivity contribution is 6.30. The van der Waals surface area contributed by atoms with Crippen LogP contribution in [0, 0.1) is 5.82 Å². The summed E-state index contributed by atoms with van der Waals surface area (Å²) in [5.41, 5.74) is -1.89. The van der Waals surface area contributed by atoms with Crippen LogP contribution in [0.5, 0.6) is 0 Å². The summed E-state index contributed by atoms with van der Waals surface area (Å²) in [5.74, 6) is -0.529. The molecule has 1 saturated heterocycles. The minimum Gasteiger partial charge on any atom is -0.444 e. The normalized spacial score (nSPS) is 16.4. The number of hydrogen-bond acceptors (Lipinski definition) is 4. The van der Waals surface area contributed by atoms with Crippen LogP contribution in [0.1, 0.15) is 47.1 Å². The number of nitrogens with one attached hydrogen (secondary N) is 1. The van der Waals surface area contributed by atoms with Gasteiger partial charge in [0.1, 0.15) is 22.6 Å². The summed E-state index contributed by atoms with van der Waals surface area (Å²) in [7, 11) is 0. The van der Waals surface area contributed by atoms with Crippen molar-refractivity contribution in [3.05, 3.63) is 34.6 Å². The molecule has 0 atom stereocenters. The Morgan fingerprint density at radius 2 is 1.63 bits per heavy atom. The molecule has 0 saturated carbocycles. The molecule has 2 rings (SSSR count). The van der Waals surface area contributed by atoms with E-state index < -0.39 is 34.7 Å². The van der Waals surface area contributed by atoms with E-state index in [2.05, 4.69) is 5.32 Å². The standard InChI is InChI=1S/C19H26ClFN2O4/c1-17(2,3)26-15(24)22-19(12-7-13(20)9-14(21)8-12)10-23(11-19)16(25)27-18(4,5)6/h7-9H,10-11H2,1-6H3,(H,22,24). The van der Waals surface area contributed by atoms with E-state index in [-0.39, 0.29) is 18.1 Å². The molecule has 1 fully saturated rings. The Morgan fingerprint density at radius 3 is 2.11 bits per heavy atom. The molecule has 1 aromatic rings. The van der Waals surface area contributed by atoms with Gasteiger partial charge in [0, 0.05) is 5.02 Å². The predicted molar refractivity (Wildman–Crippen MR) is 100 cm³/mol. The van der Waals surface area contributed by atoms with Crippen LogP contribution in [0.15, 0.2) is 18.2 Å². The van der Waals surface area contributed by atoms with Crippen molar-refractivity contribution in [3.63, 3.8) is 0 Å². The zero-order chi connectivity index (χ0) is 20.6. The van der Waals surface area contributed by atoms with E-state index in [1.165, 1.54) is 17.0 Å². The number of carbonyl (C=O) groups excluding carboxylic acids is 2. The van der Waals surface area contributed by atoms with Gasteiger partial charge in [-0.25, -0.2) is 14.0 Å². The van der Waals surface area contributed by atoms with E-state index in [4.69, 9.17) is 21.1 Å². The number of halogens is 2. The molecule has 1 N–H and O–H groups in total. The van der Waals surface area contributed by atoms with Crippen LogP contribution < -0.4 is 5.32 Å². The lowest BCUT2D eigenvalue weighted by Gasteiger charge is -2.50. The summed E-state index contributed by atoms with van der Waals surface area (Å²) < 4.78 is 24.5. The number of hydrogen-bond donors (Lipinski definition) is 1. The fraction of sp³-hybridized carbons (Fsp3) is 0.579. The Bertz CT molecular complexity index is 714.